The van der Waals surface area contributed by atoms with E-state index in [1.165, 1.54) is 38.0 Å². The standard InChI is InChI=1S/C17H20N4O8/c1-8(22)26-5-11-13(27-9(2)23)14(28-10(3)24)17(29-11)21-7-18-12-15(25)19-6-20(4)16(12)21/h6-7,11,13-14,17H,5H2,1-4H3/t11-,13-,14-,17-/m1/s1. The molecule has 1 aliphatic heterocycles. The Morgan fingerprint density at radius 3 is 2.31 bits per heavy atom. The molecule has 0 unspecified atom stereocenters. The minimum absolute atomic E-state index is 0.0904. The van der Waals surface area contributed by atoms with Crippen LogP contribution in [0.5, 0.6) is 0 Å². The summed E-state index contributed by atoms with van der Waals surface area (Å²) >= 11 is 0. The maximum Gasteiger partial charge on any atom is 0.303 e. The molecule has 0 bridgehead atoms. The highest BCUT2D eigenvalue weighted by atomic mass is 16.7. The molecule has 1 fully saturated rings. The Morgan fingerprint density at radius 1 is 1.03 bits per heavy atom. The van der Waals surface area contributed by atoms with E-state index in [9.17, 15) is 19.2 Å². The van der Waals surface area contributed by atoms with E-state index in [-0.39, 0.29) is 12.1 Å². The van der Waals surface area contributed by atoms with Crippen LogP contribution >= 0.6 is 0 Å². The summed E-state index contributed by atoms with van der Waals surface area (Å²) in [6.07, 6.45) is -1.36. The van der Waals surface area contributed by atoms with Crippen LogP contribution in [0.1, 0.15) is 27.0 Å². The van der Waals surface area contributed by atoms with Crippen LogP contribution in [0, 0.1) is 0 Å². The zero-order valence-electron chi connectivity index (χ0n) is 16.2. The number of ether oxygens (including phenoxy) is 4. The van der Waals surface area contributed by atoms with Crippen LogP contribution in [-0.2, 0) is 40.4 Å². The third-order valence-corrected chi connectivity index (χ3v) is 4.27. The summed E-state index contributed by atoms with van der Waals surface area (Å²) in [5.41, 5.74) is -0.0820. The Labute approximate surface area is 164 Å². The Hall–Kier alpha value is -3.28. The van der Waals surface area contributed by atoms with Crippen LogP contribution in [0.15, 0.2) is 17.4 Å². The molecule has 2 aromatic heterocycles. The second kappa shape index (κ2) is 7.99. The van der Waals surface area contributed by atoms with Gasteiger partial charge in [0, 0.05) is 27.8 Å². The highest BCUT2D eigenvalue weighted by Gasteiger charge is 2.51. The molecule has 1 saturated heterocycles. The first kappa shape index (κ1) is 20.5. The highest BCUT2D eigenvalue weighted by Crippen LogP contribution is 2.35. The summed E-state index contributed by atoms with van der Waals surface area (Å²) < 4.78 is 24.7. The molecule has 156 valence electrons. The van der Waals surface area contributed by atoms with Gasteiger partial charge in [-0.1, -0.05) is 0 Å². The van der Waals surface area contributed by atoms with E-state index in [1.54, 1.807) is 11.6 Å². The topological polar surface area (TPSA) is 141 Å². The minimum Gasteiger partial charge on any atom is -0.463 e. The predicted molar refractivity (Wildman–Crippen MR) is 94.4 cm³/mol. The van der Waals surface area contributed by atoms with Crippen molar-refractivity contribution < 1.29 is 33.3 Å². The Bertz CT molecular complexity index is 1010. The number of aromatic nitrogens is 4. The van der Waals surface area contributed by atoms with Crippen molar-refractivity contribution in [2.24, 2.45) is 7.05 Å². The smallest absolute Gasteiger partial charge is 0.303 e. The van der Waals surface area contributed by atoms with Crippen LogP contribution in [0.25, 0.3) is 11.2 Å². The predicted octanol–water partition coefficient (Wildman–Crippen LogP) is -0.546. The number of hydrogen-bond acceptors (Lipinski definition) is 10. The van der Waals surface area contributed by atoms with Gasteiger partial charge in [-0.3, -0.25) is 23.7 Å². The van der Waals surface area contributed by atoms with Gasteiger partial charge in [-0.05, 0) is 0 Å². The van der Waals surface area contributed by atoms with E-state index >= 15 is 0 Å². The molecular formula is C17H20N4O8. The van der Waals surface area contributed by atoms with Crippen molar-refractivity contribution in [2.75, 3.05) is 6.61 Å². The number of hydrogen-bond donors (Lipinski definition) is 0. The Balaban J connectivity index is 2.07. The second-order valence-corrected chi connectivity index (χ2v) is 6.50. The minimum atomic E-state index is -1.07. The summed E-state index contributed by atoms with van der Waals surface area (Å²) in [4.78, 5) is 54.4. The molecule has 1 aliphatic rings. The second-order valence-electron chi connectivity index (χ2n) is 6.50. The maximum atomic E-state index is 12.0. The Morgan fingerprint density at radius 2 is 1.69 bits per heavy atom. The number of rotatable bonds is 5. The van der Waals surface area contributed by atoms with Crippen molar-refractivity contribution in [3.05, 3.63) is 23.0 Å². The first-order valence-electron chi connectivity index (χ1n) is 8.70. The molecule has 0 N–H and O–H groups in total. The first-order valence-corrected chi connectivity index (χ1v) is 8.70. The van der Waals surface area contributed by atoms with Gasteiger partial charge in [0.2, 0.25) is 0 Å². The molecule has 12 heteroatoms. The lowest BCUT2D eigenvalue weighted by atomic mass is 10.1. The third kappa shape index (κ3) is 4.11. The summed E-state index contributed by atoms with van der Waals surface area (Å²) in [7, 11) is 1.66. The molecule has 12 nitrogen and oxygen atoms in total. The largest absolute Gasteiger partial charge is 0.463 e. The number of carbonyl (C=O) groups is 3. The first-order chi connectivity index (χ1) is 13.7. The fourth-order valence-electron chi connectivity index (χ4n) is 3.21. The number of fused-ring (bicyclic) bond motifs is 1. The van der Waals surface area contributed by atoms with E-state index in [4.69, 9.17) is 18.9 Å². The molecule has 3 heterocycles. The van der Waals surface area contributed by atoms with Gasteiger partial charge in [-0.2, -0.15) is 4.98 Å². The fraction of sp³-hybridized carbons (Fsp3) is 0.529. The van der Waals surface area contributed by atoms with Gasteiger partial charge in [0.15, 0.2) is 24.0 Å². The van der Waals surface area contributed by atoms with Crippen LogP contribution < -0.4 is 5.56 Å². The monoisotopic (exact) mass is 408 g/mol. The summed E-state index contributed by atoms with van der Waals surface area (Å²) in [5, 5.41) is 0. The molecule has 29 heavy (non-hydrogen) atoms. The molecule has 2 aromatic rings. The van der Waals surface area contributed by atoms with Crippen molar-refractivity contribution in [1.82, 2.24) is 19.1 Å². The van der Waals surface area contributed by atoms with Gasteiger partial charge in [0.05, 0.1) is 6.33 Å². The van der Waals surface area contributed by atoms with Gasteiger partial charge in [0.1, 0.15) is 24.7 Å². The summed E-state index contributed by atoms with van der Waals surface area (Å²) in [6, 6.07) is 0. The average molecular weight is 408 g/mol. The van der Waals surface area contributed by atoms with Crippen molar-refractivity contribution in [2.45, 2.75) is 45.3 Å². The normalized spacial score (nSPS) is 23.7. The van der Waals surface area contributed by atoms with E-state index in [2.05, 4.69) is 9.97 Å². The molecule has 0 aliphatic carbocycles. The van der Waals surface area contributed by atoms with E-state index in [0.717, 1.165) is 0 Å². The molecule has 0 radical (unpaired) electrons. The maximum absolute atomic E-state index is 12.0. The number of esters is 3. The van der Waals surface area contributed by atoms with Crippen molar-refractivity contribution in [1.29, 1.82) is 0 Å². The Kier molecular flexibility index (Phi) is 5.64. The van der Waals surface area contributed by atoms with Crippen LogP contribution in [0.4, 0.5) is 0 Å². The molecular weight excluding hydrogens is 388 g/mol. The SMILES string of the molecule is CC(=O)OC[C@H]1O[C@@H](n2cnc3c(=O)ncn(C)c32)[C@H](OC(C)=O)[C@@H]1OC(C)=O. The molecule has 0 saturated carbocycles. The molecule has 4 atom stereocenters. The lowest BCUT2D eigenvalue weighted by Crippen LogP contribution is -2.40. The lowest BCUT2D eigenvalue weighted by molar-refractivity contribution is -0.166. The van der Waals surface area contributed by atoms with E-state index in [1.807, 2.05) is 0 Å². The number of nitrogens with zero attached hydrogens (tertiary/aromatic N) is 4. The zero-order valence-corrected chi connectivity index (χ0v) is 16.2. The average Bonchev–Trinajstić information content (AvgIpc) is 3.19. The summed E-state index contributed by atoms with van der Waals surface area (Å²) in [6.45, 7) is 3.40. The molecule has 0 aromatic carbocycles. The van der Waals surface area contributed by atoms with Crippen LogP contribution in [0.3, 0.4) is 0 Å². The number of imidazole rings is 1. The molecule has 0 amide bonds. The third-order valence-electron chi connectivity index (χ3n) is 4.27. The molecule has 0 spiro atoms. The van der Waals surface area contributed by atoms with E-state index < -0.39 is 48.0 Å². The number of carbonyl (C=O) groups excluding carboxylic acids is 3. The van der Waals surface area contributed by atoms with E-state index in [0.29, 0.717) is 5.65 Å². The van der Waals surface area contributed by atoms with Gasteiger partial charge in [-0.15, -0.1) is 0 Å². The quantitative estimate of drug-likeness (QED) is 0.467. The fourth-order valence-corrected chi connectivity index (χ4v) is 3.21. The van der Waals surface area contributed by atoms with Gasteiger partial charge in [-0.25, -0.2) is 4.98 Å². The van der Waals surface area contributed by atoms with Crippen LogP contribution in [0.2, 0.25) is 0 Å². The van der Waals surface area contributed by atoms with Gasteiger partial charge >= 0.3 is 23.5 Å². The van der Waals surface area contributed by atoms with Crippen molar-refractivity contribution in [3.8, 4) is 0 Å². The van der Waals surface area contributed by atoms with Crippen molar-refractivity contribution >= 4 is 29.1 Å². The lowest BCUT2D eigenvalue weighted by Gasteiger charge is -2.24. The highest BCUT2D eigenvalue weighted by molar-refractivity contribution is 5.70. The van der Waals surface area contributed by atoms with Crippen LogP contribution in [-0.4, -0.2) is 61.9 Å². The number of aryl methyl sites for hydroxylation is 1. The molecule has 3 rings (SSSR count). The van der Waals surface area contributed by atoms with Crippen molar-refractivity contribution in [3.63, 3.8) is 0 Å². The van der Waals surface area contributed by atoms with Gasteiger partial charge in [0.25, 0.3) is 0 Å². The summed E-state index contributed by atoms with van der Waals surface area (Å²) in [5.74, 6) is -1.81. The zero-order chi connectivity index (χ0) is 21.3. The van der Waals surface area contributed by atoms with Gasteiger partial charge < -0.3 is 23.5 Å².